The summed E-state index contributed by atoms with van der Waals surface area (Å²) >= 11 is 0. The number of amides is 1. The quantitative estimate of drug-likeness (QED) is 0.780. The number of carbonyl (C=O) groups excluding carboxylic acids is 1. The van der Waals surface area contributed by atoms with Gasteiger partial charge in [0.15, 0.2) is 9.84 Å². The minimum absolute atomic E-state index is 0.0748. The molecular weight excluding hydrogens is 348 g/mol. The molecule has 0 aliphatic carbocycles. The Kier molecular flexibility index (Phi) is 6.42. The average Bonchev–Trinajstić information content (AvgIpc) is 2.60. The molecule has 5 nitrogen and oxygen atoms in total. The monoisotopic (exact) mass is 374 g/mol. The van der Waals surface area contributed by atoms with Crippen LogP contribution >= 0.6 is 0 Å². The van der Waals surface area contributed by atoms with Crippen molar-refractivity contribution in [3.05, 3.63) is 59.2 Å². The van der Waals surface area contributed by atoms with E-state index in [2.05, 4.69) is 29.7 Å². The summed E-state index contributed by atoms with van der Waals surface area (Å²) in [5, 5.41) is 5.97. The van der Waals surface area contributed by atoms with Gasteiger partial charge in [-0.2, -0.15) is 0 Å². The fourth-order valence-electron chi connectivity index (χ4n) is 2.62. The van der Waals surface area contributed by atoms with Crippen molar-refractivity contribution in [2.45, 2.75) is 38.1 Å². The molecule has 0 spiro atoms. The summed E-state index contributed by atoms with van der Waals surface area (Å²) in [6.07, 6.45) is 2.15. The number of hydrogen-bond acceptors (Lipinski definition) is 4. The van der Waals surface area contributed by atoms with Crippen LogP contribution in [0.3, 0.4) is 0 Å². The third-order valence-electron chi connectivity index (χ3n) is 4.34. The topological polar surface area (TPSA) is 75.3 Å². The third kappa shape index (κ3) is 5.33. The average molecular weight is 375 g/mol. The number of nitrogens with one attached hydrogen (secondary N) is 2. The summed E-state index contributed by atoms with van der Waals surface area (Å²) in [5.41, 5.74) is 3.83. The Hall–Kier alpha value is -2.34. The van der Waals surface area contributed by atoms with Gasteiger partial charge in [-0.1, -0.05) is 37.3 Å². The number of benzene rings is 2. The first-order valence-corrected chi connectivity index (χ1v) is 10.5. The molecule has 0 radical (unpaired) electrons. The Labute approximate surface area is 155 Å². The fraction of sp³-hybridized carbons (Fsp3) is 0.350. The summed E-state index contributed by atoms with van der Waals surface area (Å²) in [6, 6.07) is 12.9. The lowest BCUT2D eigenvalue weighted by atomic mass is 10.1. The van der Waals surface area contributed by atoms with Crippen molar-refractivity contribution in [1.29, 1.82) is 0 Å². The van der Waals surface area contributed by atoms with Gasteiger partial charge in [0.1, 0.15) is 0 Å². The summed E-state index contributed by atoms with van der Waals surface area (Å²) in [7, 11) is -3.28. The van der Waals surface area contributed by atoms with Crippen LogP contribution in [0.4, 0.5) is 5.69 Å². The predicted octanol–water partition coefficient (Wildman–Crippen LogP) is 3.25. The maximum absolute atomic E-state index is 12.2. The van der Waals surface area contributed by atoms with Gasteiger partial charge in [-0.05, 0) is 49.1 Å². The van der Waals surface area contributed by atoms with E-state index in [4.69, 9.17) is 0 Å². The first kappa shape index (κ1) is 20.0. The van der Waals surface area contributed by atoms with E-state index in [9.17, 15) is 13.2 Å². The molecule has 0 heterocycles. The molecular formula is C20H26N2O3S. The summed E-state index contributed by atoms with van der Waals surface area (Å²) in [4.78, 5) is 12.5. The molecule has 6 heteroatoms. The second-order valence-electron chi connectivity index (χ2n) is 6.49. The zero-order valence-corrected chi connectivity index (χ0v) is 16.5. The lowest BCUT2D eigenvalue weighted by Gasteiger charge is -2.16. The van der Waals surface area contributed by atoms with Crippen LogP contribution in [0.1, 0.15) is 36.6 Å². The van der Waals surface area contributed by atoms with Crippen LogP contribution in [-0.2, 0) is 21.1 Å². The first-order chi connectivity index (χ1) is 12.2. The molecule has 2 aromatic carbocycles. The number of carbonyl (C=O) groups is 1. The zero-order valence-electron chi connectivity index (χ0n) is 15.7. The first-order valence-electron chi connectivity index (χ1n) is 8.63. The summed E-state index contributed by atoms with van der Waals surface area (Å²) < 4.78 is 23.4. The molecule has 2 rings (SSSR count). The maximum atomic E-state index is 12.2. The van der Waals surface area contributed by atoms with Gasteiger partial charge in [0.25, 0.3) is 0 Å². The molecule has 1 atom stereocenters. The molecule has 0 saturated heterocycles. The van der Waals surface area contributed by atoms with Gasteiger partial charge in [0.05, 0.1) is 17.5 Å². The molecule has 0 unspecified atom stereocenters. The van der Waals surface area contributed by atoms with Crippen LogP contribution in [0.2, 0.25) is 0 Å². The second kappa shape index (κ2) is 8.36. The van der Waals surface area contributed by atoms with Crippen LogP contribution in [0.25, 0.3) is 0 Å². The normalized spacial score (nSPS) is 12.5. The van der Waals surface area contributed by atoms with Crippen molar-refractivity contribution >= 4 is 21.4 Å². The number of sulfone groups is 1. The molecule has 0 fully saturated rings. The Bertz CT molecular complexity index is 874. The van der Waals surface area contributed by atoms with E-state index < -0.39 is 9.84 Å². The summed E-state index contributed by atoms with van der Waals surface area (Å²) in [5.74, 6) is -0.152. The lowest BCUT2D eigenvalue weighted by Crippen LogP contribution is -2.32. The van der Waals surface area contributed by atoms with E-state index >= 15 is 0 Å². The van der Waals surface area contributed by atoms with E-state index in [0.29, 0.717) is 5.69 Å². The Balaban J connectivity index is 1.98. The highest BCUT2D eigenvalue weighted by Crippen LogP contribution is 2.20. The molecule has 0 aliphatic heterocycles. The van der Waals surface area contributed by atoms with Crippen molar-refractivity contribution in [3.8, 4) is 0 Å². The van der Waals surface area contributed by atoms with Gasteiger partial charge in [-0.3, -0.25) is 4.79 Å². The van der Waals surface area contributed by atoms with E-state index in [1.165, 1.54) is 11.8 Å². The fourth-order valence-corrected chi connectivity index (χ4v) is 3.26. The van der Waals surface area contributed by atoms with Crippen LogP contribution in [0.15, 0.2) is 47.4 Å². The molecule has 1 amide bonds. The van der Waals surface area contributed by atoms with Gasteiger partial charge >= 0.3 is 0 Å². The maximum Gasteiger partial charge on any atom is 0.239 e. The summed E-state index contributed by atoms with van der Waals surface area (Å²) in [6.45, 7) is 5.98. The van der Waals surface area contributed by atoms with Crippen LogP contribution in [-0.4, -0.2) is 27.1 Å². The highest BCUT2D eigenvalue weighted by Gasteiger charge is 2.12. The molecule has 2 aromatic rings. The van der Waals surface area contributed by atoms with Crippen LogP contribution in [0.5, 0.6) is 0 Å². The smallest absolute Gasteiger partial charge is 0.239 e. The number of rotatable bonds is 7. The van der Waals surface area contributed by atoms with Gasteiger partial charge in [0, 0.05) is 11.9 Å². The second-order valence-corrected chi connectivity index (χ2v) is 8.50. The van der Waals surface area contributed by atoms with Gasteiger partial charge in [0.2, 0.25) is 5.91 Å². The van der Waals surface area contributed by atoms with Crippen LogP contribution < -0.4 is 10.6 Å². The van der Waals surface area contributed by atoms with Crippen molar-refractivity contribution < 1.29 is 13.2 Å². The minimum atomic E-state index is -3.28. The van der Waals surface area contributed by atoms with Gasteiger partial charge in [-0.15, -0.1) is 0 Å². The number of anilines is 1. The SMILES string of the molecule is CCc1ccc([C@@H](C)NC(=O)CNc2cc(S(C)(=O)=O)ccc2C)cc1. The third-order valence-corrected chi connectivity index (χ3v) is 5.45. The molecule has 26 heavy (non-hydrogen) atoms. The Morgan fingerprint density at radius 2 is 1.77 bits per heavy atom. The number of hydrogen-bond donors (Lipinski definition) is 2. The Morgan fingerprint density at radius 3 is 2.35 bits per heavy atom. The molecule has 0 bridgehead atoms. The van der Waals surface area contributed by atoms with Crippen molar-refractivity contribution in [2.24, 2.45) is 0 Å². The molecule has 2 N–H and O–H groups in total. The molecule has 140 valence electrons. The van der Waals surface area contributed by atoms with E-state index in [0.717, 1.165) is 17.5 Å². The Morgan fingerprint density at radius 1 is 1.12 bits per heavy atom. The van der Waals surface area contributed by atoms with Crippen molar-refractivity contribution in [1.82, 2.24) is 5.32 Å². The van der Waals surface area contributed by atoms with E-state index in [1.807, 2.05) is 26.0 Å². The molecule has 0 aliphatic rings. The van der Waals surface area contributed by atoms with Crippen molar-refractivity contribution in [2.75, 3.05) is 18.1 Å². The van der Waals surface area contributed by atoms with Gasteiger partial charge in [-0.25, -0.2) is 8.42 Å². The molecule has 0 aromatic heterocycles. The highest BCUT2D eigenvalue weighted by molar-refractivity contribution is 7.90. The standard InChI is InChI=1S/C20H26N2O3S/c1-5-16-7-9-17(10-8-16)15(3)22-20(23)13-21-19-12-18(26(4,24)25)11-6-14(19)2/h6-12,15,21H,5,13H2,1-4H3,(H,22,23)/t15-/m1/s1. The highest BCUT2D eigenvalue weighted by atomic mass is 32.2. The van der Waals surface area contributed by atoms with Crippen molar-refractivity contribution in [3.63, 3.8) is 0 Å². The largest absolute Gasteiger partial charge is 0.376 e. The van der Waals surface area contributed by atoms with Gasteiger partial charge < -0.3 is 10.6 Å². The van der Waals surface area contributed by atoms with Crippen LogP contribution in [0, 0.1) is 6.92 Å². The molecule has 0 saturated carbocycles. The predicted molar refractivity (Wildman–Crippen MR) is 105 cm³/mol. The number of aryl methyl sites for hydroxylation is 2. The minimum Gasteiger partial charge on any atom is -0.376 e. The van der Waals surface area contributed by atoms with E-state index in [-0.39, 0.29) is 23.4 Å². The zero-order chi connectivity index (χ0) is 19.3. The van der Waals surface area contributed by atoms with E-state index in [1.54, 1.807) is 18.2 Å². The lowest BCUT2D eigenvalue weighted by molar-refractivity contribution is -0.120.